The molecule has 3 aromatic heterocycles. The third kappa shape index (κ3) is 3.05. The molecule has 0 fully saturated rings. The summed E-state index contributed by atoms with van der Waals surface area (Å²) in [5.41, 5.74) is 1.30. The van der Waals surface area contributed by atoms with Gasteiger partial charge in [0.2, 0.25) is 5.43 Å². The van der Waals surface area contributed by atoms with Gasteiger partial charge in [-0.05, 0) is 36.4 Å². The van der Waals surface area contributed by atoms with Gasteiger partial charge in [-0.3, -0.25) is 9.78 Å². The van der Waals surface area contributed by atoms with E-state index in [0.717, 1.165) is 0 Å². The maximum atomic E-state index is 12.1. The molecule has 26 heavy (non-hydrogen) atoms. The van der Waals surface area contributed by atoms with E-state index >= 15 is 0 Å². The highest BCUT2D eigenvalue weighted by Gasteiger charge is 2.10. The van der Waals surface area contributed by atoms with Gasteiger partial charge in [0.25, 0.3) is 0 Å². The molecule has 4 aromatic rings. The van der Waals surface area contributed by atoms with E-state index in [9.17, 15) is 9.59 Å². The molecule has 0 aliphatic carbocycles. The number of fused-ring (bicyclic) bond motifs is 1. The Bertz CT molecular complexity index is 1140. The average molecular weight is 345 g/mol. The fourth-order valence-corrected chi connectivity index (χ4v) is 2.39. The largest absolute Gasteiger partial charge is 0.453 e. The van der Waals surface area contributed by atoms with Crippen LogP contribution in [0.1, 0.15) is 10.4 Å². The van der Waals surface area contributed by atoms with Crippen LogP contribution in [0.15, 0.2) is 76.6 Å². The van der Waals surface area contributed by atoms with E-state index in [-0.39, 0.29) is 10.9 Å². The van der Waals surface area contributed by atoms with Crippen molar-refractivity contribution in [3.05, 3.63) is 83.2 Å². The number of aromatic nitrogens is 3. The molecule has 7 heteroatoms. The predicted octanol–water partition coefficient (Wildman–Crippen LogP) is 2.86. The number of carbonyl (C=O) groups is 1. The standard InChI is InChI=1S/C19H11N3O4/c23-15-8-16(26-17-10-21-11-22-18(15)17)12-3-5-14(6-4-12)25-19(24)13-2-1-7-20-9-13/h1-11H. The predicted molar refractivity (Wildman–Crippen MR) is 92.7 cm³/mol. The third-order valence-electron chi connectivity index (χ3n) is 3.64. The van der Waals surface area contributed by atoms with Crippen LogP contribution >= 0.6 is 0 Å². The first-order valence-corrected chi connectivity index (χ1v) is 7.67. The number of pyridine rings is 1. The van der Waals surface area contributed by atoms with Gasteiger partial charge in [0.15, 0.2) is 11.1 Å². The van der Waals surface area contributed by atoms with E-state index in [1.54, 1.807) is 42.6 Å². The minimum absolute atomic E-state index is 0.228. The maximum Gasteiger partial charge on any atom is 0.345 e. The van der Waals surface area contributed by atoms with Gasteiger partial charge in [0.1, 0.15) is 17.8 Å². The molecule has 0 spiro atoms. The van der Waals surface area contributed by atoms with Crippen molar-refractivity contribution in [3.8, 4) is 17.1 Å². The van der Waals surface area contributed by atoms with Crippen molar-refractivity contribution in [1.82, 2.24) is 15.0 Å². The van der Waals surface area contributed by atoms with Crippen LogP contribution in [0.2, 0.25) is 0 Å². The van der Waals surface area contributed by atoms with Gasteiger partial charge in [-0.25, -0.2) is 14.8 Å². The first-order valence-electron chi connectivity index (χ1n) is 7.67. The molecule has 0 aliphatic rings. The summed E-state index contributed by atoms with van der Waals surface area (Å²) in [6, 6.07) is 11.3. The molecular formula is C19H11N3O4. The van der Waals surface area contributed by atoms with E-state index < -0.39 is 5.97 Å². The van der Waals surface area contributed by atoms with Crippen LogP contribution < -0.4 is 10.2 Å². The summed E-state index contributed by atoms with van der Waals surface area (Å²) in [6.07, 6.45) is 5.75. The normalized spacial score (nSPS) is 10.6. The van der Waals surface area contributed by atoms with Gasteiger partial charge >= 0.3 is 5.97 Å². The highest BCUT2D eigenvalue weighted by Crippen LogP contribution is 2.24. The zero-order valence-electron chi connectivity index (χ0n) is 13.3. The van der Waals surface area contributed by atoms with E-state index in [1.165, 1.54) is 24.8 Å². The fraction of sp³-hybridized carbons (Fsp3) is 0. The smallest absolute Gasteiger partial charge is 0.345 e. The number of nitrogens with zero attached hydrogens (tertiary/aromatic N) is 3. The van der Waals surface area contributed by atoms with E-state index in [4.69, 9.17) is 9.15 Å². The highest BCUT2D eigenvalue weighted by molar-refractivity contribution is 5.90. The van der Waals surface area contributed by atoms with Crippen molar-refractivity contribution in [2.24, 2.45) is 0 Å². The lowest BCUT2D eigenvalue weighted by atomic mass is 10.1. The average Bonchev–Trinajstić information content (AvgIpc) is 2.69. The molecular weight excluding hydrogens is 334 g/mol. The van der Waals surface area contributed by atoms with Crippen LogP contribution in [-0.4, -0.2) is 20.9 Å². The van der Waals surface area contributed by atoms with Gasteiger partial charge < -0.3 is 9.15 Å². The van der Waals surface area contributed by atoms with Crippen LogP contribution in [0, 0.1) is 0 Å². The van der Waals surface area contributed by atoms with Gasteiger partial charge in [-0.1, -0.05) is 0 Å². The number of rotatable bonds is 3. The number of hydrogen-bond acceptors (Lipinski definition) is 7. The van der Waals surface area contributed by atoms with Gasteiger partial charge in [-0.15, -0.1) is 0 Å². The molecule has 0 saturated heterocycles. The summed E-state index contributed by atoms with van der Waals surface area (Å²) in [5, 5.41) is 0. The minimum Gasteiger partial charge on any atom is -0.453 e. The van der Waals surface area contributed by atoms with E-state index in [1.807, 2.05) is 0 Å². The van der Waals surface area contributed by atoms with Crippen LogP contribution in [-0.2, 0) is 0 Å². The van der Waals surface area contributed by atoms with Crippen molar-refractivity contribution in [1.29, 1.82) is 0 Å². The number of ether oxygens (including phenoxy) is 1. The number of benzene rings is 1. The Kier molecular flexibility index (Phi) is 3.95. The molecule has 0 atom stereocenters. The quantitative estimate of drug-likeness (QED) is 0.416. The summed E-state index contributed by atoms with van der Waals surface area (Å²) in [4.78, 5) is 35.8. The summed E-state index contributed by atoms with van der Waals surface area (Å²) >= 11 is 0. The summed E-state index contributed by atoms with van der Waals surface area (Å²) in [6.45, 7) is 0. The summed E-state index contributed by atoms with van der Waals surface area (Å²) in [7, 11) is 0. The molecule has 4 rings (SSSR count). The Morgan fingerprint density at radius 2 is 1.88 bits per heavy atom. The SMILES string of the molecule is O=C(Oc1ccc(-c2cc(=O)c3ncncc3o2)cc1)c1cccnc1. The van der Waals surface area contributed by atoms with E-state index in [2.05, 4.69) is 15.0 Å². The monoisotopic (exact) mass is 345 g/mol. The lowest BCUT2D eigenvalue weighted by Crippen LogP contribution is -2.08. The Morgan fingerprint density at radius 3 is 2.65 bits per heavy atom. The van der Waals surface area contributed by atoms with Crippen molar-refractivity contribution >= 4 is 17.1 Å². The van der Waals surface area contributed by atoms with Crippen LogP contribution in [0.4, 0.5) is 0 Å². The number of esters is 1. The molecule has 0 N–H and O–H groups in total. The number of carbonyl (C=O) groups excluding carboxylic acids is 1. The highest BCUT2D eigenvalue weighted by atomic mass is 16.5. The zero-order chi connectivity index (χ0) is 17.9. The van der Waals surface area contributed by atoms with Crippen LogP contribution in [0.3, 0.4) is 0 Å². The molecule has 1 aromatic carbocycles. The molecule has 126 valence electrons. The Morgan fingerprint density at radius 1 is 1.04 bits per heavy atom. The molecule has 7 nitrogen and oxygen atoms in total. The first kappa shape index (κ1) is 15.6. The van der Waals surface area contributed by atoms with Gasteiger partial charge in [0, 0.05) is 24.0 Å². The topological polar surface area (TPSA) is 95.2 Å². The Labute approximate surface area is 146 Å². The summed E-state index contributed by atoms with van der Waals surface area (Å²) in [5.74, 6) is 0.247. The lowest BCUT2D eigenvalue weighted by Gasteiger charge is -2.06. The van der Waals surface area contributed by atoms with Crippen molar-refractivity contribution < 1.29 is 13.9 Å². The molecule has 0 unspecified atom stereocenters. The molecule has 0 aliphatic heterocycles. The lowest BCUT2D eigenvalue weighted by molar-refractivity contribution is 0.0734. The molecule has 0 saturated carbocycles. The second kappa shape index (κ2) is 6.56. The van der Waals surface area contributed by atoms with E-state index in [0.29, 0.717) is 28.2 Å². The maximum absolute atomic E-state index is 12.1. The molecule has 0 radical (unpaired) electrons. The van der Waals surface area contributed by atoms with Crippen molar-refractivity contribution in [2.75, 3.05) is 0 Å². The minimum atomic E-state index is -0.500. The van der Waals surface area contributed by atoms with Crippen LogP contribution in [0.5, 0.6) is 5.75 Å². The second-order valence-electron chi connectivity index (χ2n) is 5.37. The molecule has 0 bridgehead atoms. The Hall–Kier alpha value is -3.87. The third-order valence-corrected chi connectivity index (χ3v) is 3.64. The zero-order valence-corrected chi connectivity index (χ0v) is 13.3. The van der Waals surface area contributed by atoms with Crippen LogP contribution in [0.25, 0.3) is 22.4 Å². The second-order valence-corrected chi connectivity index (χ2v) is 5.37. The molecule has 0 amide bonds. The first-order chi connectivity index (χ1) is 12.7. The Balaban J connectivity index is 1.60. The number of hydrogen-bond donors (Lipinski definition) is 0. The summed E-state index contributed by atoms with van der Waals surface area (Å²) < 4.78 is 11.0. The fourth-order valence-electron chi connectivity index (χ4n) is 2.39. The van der Waals surface area contributed by atoms with Gasteiger partial charge in [-0.2, -0.15) is 0 Å². The van der Waals surface area contributed by atoms with Crippen molar-refractivity contribution in [2.45, 2.75) is 0 Å². The molecule has 3 heterocycles. The van der Waals surface area contributed by atoms with Gasteiger partial charge in [0.05, 0.1) is 11.8 Å². The van der Waals surface area contributed by atoms with Crippen molar-refractivity contribution in [3.63, 3.8) is 0 Å².